The maximum absolute atomic E-state index is 5.30. The van der Waals surface area contributed by atoms with Crippen molar-refractivity contribution in [1.29, 1.82) is 0 Å². The van der Waals surface area contributed by atoms with E-state index in [1.165, 1.54) is 19.3 Å². The van der Waals surface area contributed by atoms with E-state index in [1.807, 2.05) is 12.1 Å². The molecule has 1 saturated carbocycles. The van der Waals surface area contributed by atoms with Gasteiger partial charge in [-0.1, -0.05) is 6.42 Å². The summed E-state index contributed by atoms with van der Waals surface area (Å²) in [6, 6.07) is 3.84. The van der Waals surface area contributed by atoms with Crippen molar-refractivity contribution in [3.63, 3.8) is 0 Å². The maximum Gasteiger partial charge on any atom is 0.191 e. The number of rotatable bonds is 7. The summed E-state index contributed by atoms with van der Waals surface area (Å²) in [6.45, 7) is 2.44. The van der Waals surface area contributed by atoms with E-state index in [2.05, 4.69) is 15.6 Å². The zero-order chi connectivity index (χ0) is 14.3. The molecule has 0 amide bonds. The molecule has 6 heteroatoms. The lowest BCUT2D eigenvalue weighted by molar-refractivity contribution is 0.0732. The summed E-state index contributed by atoms with van der Waals surface area (Å²) in [5.41, 5.74) is 0.387. The number of furan rings is 1. The standard InChI is InChI=1S/C15H25N3O2.HI/c1-16-14(17-11-13-5-3-9-20-13)18-12-15(6-4-7-15)8-10-19-2;/h3,5,9H,4,6-8,10-12H2,1-2H3,(H2,16,17,18);1H. The van der Waals surface area contributed by atoms with Gasteiger partial charge in [-0.25, -0.2) is 0 Å². The number of halogens is 1. The Kier molecular flexibility index (Phi) is 8.10. The third kappa shape index (κ3) is 5.50. The highest BCUT2D eigenvalue weighted by Gasteiger charge is 2.36. The van der Waals surface area contributed by atoms with Crippen LogP contribution in [0.15, 0.2) is 27.8 Å². The van der Waals surface area contributed by atoms with Crippen molar-refractivity contribution >= 4 is 29.9 Å². The Balaban J connectivity index is 0.00000220. The zero-order valence-corrected chi connectivity index (χ0v) is 15.2. The SMILES string of the molecule is CN=C(NCc1ccco1)NCC1(CCOC)CCC1.I. The van der Waals surface area contributed by atoms with Crippen molar-refractivity contribution in [3.8, 4) is 0 Å². The number of methoxy groups -OCH3 is 1. The molecule has 0 radical (unpaired) electrons. The second kappa shape index (κ2) is 9.30. The molecule has 1 aromatic heterocycles. The van der Waals surface area contributed by atoms with Gasteiger partial charge in [0.25, 0.3) is 0 Å². The molecule has 2 N–H and O–H groups in total. The fraction of sp³-hybridized carbons (Fsp3) is 0.667. The highest BCUT2D eigenvalue weighted by molar-refractivity contribution is 14.0. The van der Waals surface area contributed by atoms with E-state index in [4.69, 9.17) is 9.15 Å². The number of ether oxygens (including phenoxy) is 1. The molecule has 1 heterocycles. The van der Waals surface area contributed by atoms with Gasteiger partial charge in [0, 0.05) is 27.3 Å². The van der Waals surface area contributed by atoms with Crippen LogP contribution in [0.4, 0.5) is 0 Å². The molecule has 0 aromatic carbocycles. The van der Waals surface area contributed by atoms with Gasteiger partial charge in [0.1, 0.15) is 5.76 Å². The fourth-order valence-corrected chi connectivity index (χ4v) is 2.59. The normalized spacial score (nSPS) is 16.8. The minimum absolute atomic E-state index is 0. The van der Waals surface area contributed by atoms with Gasteiger partial charge >= 0.3 is 0 Å². The summed E-state index contributed by atoms with van der Waals surface area (Å²) >= 11 is 0. The summed E-state index contributed by atoms with van der Waals surface area (Å²) in [5, 5.41) is 6.69. The molecule has 1 fully saturated rings. The first-order valence-corrected chi connectivity index (χ1v) is 7.24. The van der Waals surface area contributed by atoms with E-state index in [0.29, 0.717) is 12.0 Å². The van der Waals surface area contributed by atoms with Crippen LogP contribution >= 0.6 is 24.0 Å². The van der Waals surface area contributed by atoms with Crippen LogP contribution in [-0.4, -0.2) is 33.3 Å². The fourth-order valence-electron chi connectivity index (χ4n) is 2.59. The second-order valence-electron chi connectivity index (χ2n) is 5.46. The molecule has 1 aliphatic carbocycles. The van der Waals surface area contributed by atoms with Gasteiger partial charge in [-0.3, -0.25) is 4.99 Å². The smallest absolute Gasteiger partial charge is 0.191 e. The Hall–Kier alpha value is -0.760. The topological polar surface area (TPSA) is 58.8 Å². The van der Waals surface area contributed by atoms with Crippen LogP contribution in [-0.2, 0) is 11.3 Å². The molecular weight excluding hydrogens is 381 g/mol. The highest BCUT2D eigenvalue weighted by atomic mass is 127. The van der Waals surface area contributed by atoms with Crippen molar-refractivity contribution < 1.29 is 9.15 Å². The number of hydrogen-bond donors (Lipinski definition) is 2. The van der Waals surface area contributed by atoms with Gasteiger partial charge in [0.2, 0.25) is 0 Å². The third-order valence-corrected chi connectivity index (χ3v) is 4.12. The van der Waals surface area contributed by atoms with Crippen LogP contribution in [0.5, 0.6) is 0 Å². The molecule has 21 heavy (non-hydrogen) atoms. The second-order valence-corrected chi connectivity index (χ2v) is 5.46. The first kappa shape index (κ1) is 18.3. The summed E-state index contributed by atoms with van der Waals surface area (Å²) in [7, 11) is 3.56. The molecule has 0 aliphatic heterocycles. The van der Waals surface area contributed by atoms with Crippen molar-refractivity contribution in [3.05, 3.63) is 24.2 Å². The average Bonchev–Trinajstić information content (AvgIpc) is 2.93. The van der Waals surface area contributed by atoms with Gasteiger partial charge in [0.05, 0.1) is 12.8 Å². The van der Waals surface area contributed by atoms with Gasteiger partial charge in [-0.15, -0.1) is 24.0 Å². The van der Waals surface area contributed by atoms with Crippen molar-refractivity contribution in [2.24, 2.45) is 10.4 Å². The summed E-state index contributed by atoms with van der Waals surface area (Å²) in [4.78, 5) is 4.25. The Morgan fingerprint density at radius 2 is 2.24 bits per heavy atom. The lowest BCUT2D eigenvalue weighted by Gasteiger charge is -2.42. The number of guanidine groups is 1. The molecule has 0 atom stereocenters. The van der Waals surface area contributed by atoms with Crippen LogP contribution in [0.25, 0.3) is 0 Å². The summed E-state index contributed by atoms with van der Waals surface area (Å²) in [5.74, 6) is 1.73. The molecular formula is C15H26IN3O2. The first-order valence-electron chi connectivity index (χ1n) is 7.24. The van der Waals surface area contributed by atoms with Crippen LogP contribution in [0, 0.1) is 5.41 Å². The highest BCUT2D eigenvalue weighted by Crippen LogP contribution is 2.43. The van der Waals surface area contributed by atoms with Crippen LogP contribution in [0.3, 0.4) is 0 Å². The lowest BCUT2D eigenvalue weighted by Crippen LogP contribution is -2.46. The van der Waals surface area contributed by atoms with Crippen molar-refractivity contribution in [1.82, 2.24) is 10.6 Å². The molecule has 5 nitrogen and oxygen atoms in total. The predicted molar refractivity (Wildman–Crippen MR) is 95.1 cm³/mol. The molecule has 0 bridgehead atoms. The predicted octanol–water partition coefficient (Wildman–Crippen LogP) is 2.77. The Labute approximate surface area is 143 Å². The summed E-state index contributed by atoms with van der Waals surface area (Å²) < 4.78 is 10.5. The van der Waals surface area contributed by atoms with Crippen LogP contribution in [0.2, 0.25) is 0 Å². The quantitative estimate of drug-likeness (QED) is 0.415. The minimum atomic E-state index is 0. The molecule has 1 aliphatic rings. The number of aliphatic imine (C=N–C) groups is 1. The third-order valence-electron chi connectivity index (χ3n) is 4.12. The maximum atomic E-state index is 5.30. The van der Waals surface area contributed by atoms with Crippen LogP contribution in [0.1, 0.15) is 31.4 Å². The molecule has 0 saturated heterocycles. The van der Waals surface area contributed by atoms with Crippen LogP contribution < -0.4 is 10.6 Å². The van der Waals surface area contributed by atoms with Gasteiger partial charge in [0.15, 0.2) is 5.96 Å². The number of nitrogens with zero attached hydrogens (tertiary/aromatic N) is 1. The molecule has 120 valence electrons. The molecule has 0 unspecified atom stereocenters. The number of nitrogens with one attached hydrogen (secondary N) is 2. The van der Waals surface area contributed by atoms with E-state index in [1.54, 1.807) is 20.4 Å². The Bertz CT molecular complexity index is 417. The minimum Gasteiger partial charge on any atom is -0.467 e. The van der Waals surface area contributed by atoms with Crippen molar-refractivity contribution in [2.75, 3.05) is 27.3 Å². The Morgan fingerprint density at radius 1 is 1.43 bits per heavy atom. The van der Waals surface area contributed by atoms with Gasteiger partial charge in [-0.2, -0.15) is 0 Å². The van der Waals surface area contributed by atoms with E-state index >= 15 is 0 Å². The lowest BCUT2D eigenvalue weighted by atomic mass is 9.67. The molecule has 0 spiro atoms. The van der Waals surface area contributed by atoms with E-state index in [9.17, 15) is 0 Å². The zero-order valence-electron chi connectivity index (χ0n) is 12.9. The average molecular weight is 407 g/mol. The van der Waals surface area contributed by atoms with Gasteiger partial charge in [-0.05, 0) is 36.8 Å². The largest absolute Gasteiger partial charge is 0.467 e. The van der Waals surface area contributed by atoms with Crippen molar-refractivity contribution in [2.45, 2.75) is 32.2 Å². The molecule has 1 aromatic rings. The van der Waals surface area contributed by atoms with Gasteiger partial charge < -0.3 is 19.8 Å². The number of hydrogen-bond acceptors (Lipinski definition) is 3. The van der Waals surface area contributed by atoms with E-state index in [-0.39, 0.29) is 24.0 Å². The summed E-state index contributed by atoms with van der Waals surface area (Å²) in [6.07, 6.45) is 6.67. The van der Waals surface area contributed by atoms with E-state index in [0.717, 1.165) is 31.3 Å². The monoisotopic (exact) mass is 407 g/mol. The Morgan fingerprint density at radius 3 is 2.76 bits per heavy atom. The molecule has 2 rings (SSSR count). The van der Waals surface area contributed by atoms with E-state index < -0.39 is 0 Å². The first-order chi connectivity index (χ1) is 9.78.